The number of rotatable bonds is 7. The lowest BCUT2D eigenvalue weighted by Gasteiger charge is -2.21. The number of nitrogens with two attached hydrogens (primary N) is 1. The minimum atomic E-state index is -1.03. The Morgan fingerprint density at radius 3 is 2.80 bits per heavy atom. The van der Waals surface area contributed by atoms with Crippen LogP contribution in [0.25, 0.3) is 0 Å². The van der Waals surface area contributed by atoms with E-state index in [1.807, 2.05) is 0 Å². The van der Waals surface area contributed by atoms with E-state index in [0.29, 0.717) is 29.0 Å². The average Bonchev–Trinajstić information content (AvgIpc) is 3.20. The molecule has 0 aliphatic heterocycles. The van der Waals surface area contributed by atoms with Gasteiger partial charge in [0.2, 0.25) is 0 Å². The van der Waals surface area contributed by atoms with Gasteiger partial charge in [-0.15, -0.1) is 0 Å². The first kappa shape index (κ1) is 14.9. The van der Waals surface area contributed by atoms with Gasteiger partial charge in [0.05, 0.1) is 16.3 Å². The van der Waals surface area contributed by atoms with E-state index < -0.39 is 5.97 Å². The maximum Gasteiger partial charge on any atom is 0.337 e. The van der Waals surface area contributed by atoms with E-state index in [1.54, 1.807) is 6.07 Å². The van der Waals surface area contributed by atoms with E-state index in [4.69, 9.17) is 17.3 Å². The van der Waals surface area contributed by atoms with Gasteiger partial charge in [0.1, 0.15) is 0 Å². The standard InChI is InChI=1S/C14H20ClN3O2/c1-2-18(10-3-4-10)6-5-17-13-11(14(19)20)7-9(16)8-12(13)15/h7-8,10,17H,2-6,16H2,1H3,(H,19,20). The third-order valence-electron chi connectivity index (χ3n) is 3.51. The number of carboxylic acid groups (broad SMARTS) is 1. The Bertz CT molecular complexity index is 503. The summed E-state index contributed by atoms with van der Waals surface area (Å²) in [6.07, 6.45) is 2.52. The molecule has 2 rings (SSSR count). The smallest absolute Gasteiger partial charge is 0.337 e. The van der Waals surface area contributed by atoms with Crippen molar-refractivity contribution in [3.05, 3.63) is 22.7 Å². The molecule has 4 N–H and O–H groups in total. The molecule has 1 aromatic carbocycles. The zero-order valence-corrected chi connectivity index (χ0v) is 12.3. The maximum atomic E-state index is 11.2. The van der Waals surface area contributed by atoms with Crippen molar-refractivity contribution >= 4 is 28.9 Å². The molecule has 0 aromatic heterocycles. The molecule has 1 aliphatic rings. The topological polar surface area (TPSA) is 78.6 Å². The first-order valence-corrected chi connectivity index (χ1v) is 7.21. The van der Waals surface area contributed by atoms with Crippen LogP contribution in [0.4, 0.5) is 11.4 Å². The van der Waals surface area contributed by atoms with Crippen LogP contribution >= 0.6 is 11.6 Å². The van der Waals surface area contributed by atoms with Crippen LogP contribution in [0.5, 0.6) is 0 Å². The highest BCUT2D eigenvalue weighted by Crippen LogP contribution is 2.30. The molecule has 0 heterocycles. The van der Waals surface area contributed by atoms with Gasteiger partial charge in [-0.3, -0.25) is 4.90 Å². The summed E-state index contributed by atoms with van der Waals surface area (Å²) in [5.74, 6) is -1.03. The molecular formula is C14H20ClN3O2. The van der Waals surface area contributed by atoms with Crippen molar-refractivity contribution in [3.63, 3.8) is 0 Å². The monoisotopic (exact) mass is 297 g/mol. The van der Waals surface area contributed by atoms with Crippen LogP contribution in [0, 0.1) is 0 Å². The van der Waals surface area contributed by atoms with E-state index in [-0.39, 0.29) is 5.56 Å². The van der Waals surface area contributed by atoms with Crippen LogP contribution in [0.15, 0.2) is 12.1 Å². The summed E-state index contributed by atoms with van der Waals surface area (Å²) in [7, 11) is 0. The average molecular weight is 298 g/mol. The van der Waals surface area contributed by atoms with E-state index in [1.165, 1.54) is 18.9 Å². The Kier molecular flexibility index (Phi) is 4.73. The van der Waals surface area contributed by atoms with Gasteiger partial charge < -0.3 is 16.2 Å². The van der Waals surface area contributed by atoms with Gasteiger partial charge in [-0.1, -0.05) is 18.5 Å². The molecular weight excluding hydrogens is 278 g/mol. The van der Waals surface area contributed by atoms with Gasteiger partial charge in [-0.05, 0) is 31.5 Å². The molecule has 0 amide bonds. The number of anilines is 2. The Balaban J connectivity index is 2.02. The molecule has 0 unspecified atom stereocenters. The van der Waals surface area contributed by atoms with E-state index in [0.717, 1.165) is 13.1 Å². The predicted molar refractivity (Wildman–Crippen MR) is 81.6 cm³/mol. The van der Waals surface area contributed by atoms with Gasteiger partial charge >= 0.3 is 5.97 Å². The molecule has 5 nitrogen and oxygen atoms in total. The van der Waals surface area contributed by atoms with Crippen LogP contribution in [0.2, 0.25) is 5.02 Å². The lowest BCUT2D eigenvalue weighted by atomic mass is 10.1. The van der Waals surface area contributed by atoms with Gasteiger partial charge in [-0.2, -0.15) is 0 Å². The molecule has 0 bridgehead atoms. The SMILES string of the molecule is CCN(CCNc1c(Cl)cc(N)cc1C(=O)O)C1CC1. The Hall–Kier alpha value is -1.46. The van der Waals surface area contributed by atoms with Crippen molar-refractivity contribution in [1.82, 2.24) is 4.90 Å². The number of nitrogen functional groups attached to an aromatic ring is 1. The zero-order valence-electron chi connectivity index (χ0n) is 11.5. The largest absolute Gasteiger partial charge is 0.478 e. The van der Waals surface area contributed by atoms with Gasteiger partial charge in [-0.25, -0.2) is 4.79 Å². The van der Waals surface area contributed by atoms with Crippen LogP contribution in [-0.4, -0.2) is 41.7 Å². The molecule has 6 heteroatoms. The minimum absolute atomic E-state index is 0.115. The molecule has 110 valence electrons. The predicted octanol–water partition coefficient (Wildman–Crippen LogP) is 2.52. The number of carbonyl (C=O) groups is 1. The van der Waals surface area contributed by atoms with Crippen LogP contribution in [-0.2, 0) is 0 Å². The number of likely N-dealkylation sites (N-methyl/N-ethyl adjacent to an activating group) is 1. The summed E-state index contributed by atoms with van der Waals surface area (Å²) < 4.78 is 0. The normalized spacial score (nSPS) is 14.6. The van der Waals surface area contributed by atoms with Crippen molar-refractivity contribution in [2.75, 3.05) is 30.7 Å². The lowest BCUT2D eigenvalue weighted by Crippen LogP contribution is -2.31. The summed E-state index contributed by atoms with van der Waals surface area (Å²) in [5.41, 5.74) is 6.54. The Labute approximate surface area is 123 Å². The first-order valence-electron chi connectivity index (χ1n) is 6.83. The molecule has 1 fully saturated rings. The first-order chi connectivity index (χ1) is 9.52. The summed E-state index contributed by atoms with van der Waals surface area (Å²) in [5, 5.41) is 12.7. The summed E-state index contributed by atoms with van der Waals surface area (Å²) in [6, 6.07) is 3.69. The molecule has 1 saturated carbocycles. The van der Waals surface area contributed by atoms with Crippen molar-refractivity contribution in [1.29, 1.82) is 0 Å². The van der Waals surface area contributed by atoms with Crippen LogP contribution in [0.3, 0.4) is 0 Å². The molecule has 20 heavy (non-hydrogen) atoms. The molecule has 1 aliphatic carbocycles. The van der Waals surface area contributed by atoms with E-state index in [9.17, 15) is 9.90 Å². The Morgan fingerprint density at radius 1 is 1.55 bits per heavy atom. The number of halogens is 1. The summed E-state index contributed by atoms with van der Waals surface area (Å²) in [4.78, 5) is 13.6. The van der Waals surface area contributed by atoms with Gasteiger partial charge in [0.25, 0.3) is 0 Å². The lowest BCUT2D eigenvalue weighted by molar-refractivity contribution is 0.0698. The number of hydrogen-bond donors (Lipinski definition) is 3. The highest BCUT2D eigenvalue weighted by molar-refractivity contribution is 6.34. The summed E-state index contributed by atoms with van der Waals surface area (Å²) in [6.45, 7) is 4.68. The molecule has 0 radical (unpaired) electrons. The fourth-order valence-electron chi connectivity index (χ4n) is 2.34. The van der Waals surface area contributed by atoms with Crippen molar-refractivity contribution in [2.24, 2.45) is 0 Å². The number of aromatic carboxylic acids is 1. The number of nitrogens with zero attached hydrogens (tertiary/aromatic N) is 1. The number of hydrogen-bond acceptors (Lipinski definition) is 4. The van der Waals surface area contributed by atoms with E-state index in [2.05, 4.69) is 17.1 Å². The van der Waals surface area contributed by atoms with Crippen LogP contribution in [0.1, 0.15) is 30.1 Å². The van der Waals surface area contributed by atoms with Gasteiger partial charge in [0.15, 0.2) is 0 Å². The fourth-order valence-corrected chi connectivity index (χ4v) is 2.63. The number of nitrogens with one attached hydrogen (secondary N) is 1. The van der Waals surface area contributed by atoms with Crippen molar-refractivity contribution in [3.8, 4) is 0 Å². The van der Waals surface area contributed by atoms with Crippen LogP contribution < -0.4 is 11.1 Å². The highest BCUT2D eigenvalue weighted by Gasteiger charge is 2.27. The quantitative estimate of drug-likeness (QED) is 0.674. The number of carboxylic acids is 1. The third-order valence-corrected chi connectivity index (χ3v) is 3.81. The second-order valence-electron chi connectivity index (χ2n) is 5.02. The van der Waals surface area contributed by atoms with Gasteiger partial charge in [0, 0.05) is 24.8 Å². The molecule has 1 aromatic rings. The van der Waals surface area contributed by atoms with Crippen molar-refractivity contribution < 1.29 is 9.90 Å². The fraction of sp³-hybridized carbons (Fsp3) is 0.500. The number of benzene rings is 1. The zero-order chi connectivity index (χ0) is 14.7. The Morgan fingerprint density at radius 2 is 2.25 bits per heavy atom. The second-order valence-corrected chi connectivity index (χ2v) is 5.42. The van der Waals surface area contributed by atoms with E-state index >= 15 is 0 Å². The highest BCUT2D eigenvalue weighted by atomic mass is 35.5. The minimum Gasteiger partial charge on any atom is -0.478 e. The second kappa shape index (κ2) is 6.33. The molecule has 0 atom stereocenters. The maximum absolute atomic E-state index is 11.2. The summed E-state index contributed by atoms with van der Waals surface area (Å²) >= 11 is 6.08. The molecule has 0 saturated heterocycles. The van der Waals surface area contributed by atoms with Crippen molar-refractivity contribution in [2.45, 2.75) is 25.8 Å². The molecule has 0 spiro atoms. The third kappa shape index (κ3) is 3.55.